The molecule has 28 heavy (non-hydrogen) atoms. The number of halogens is 2. The van der Waals surface area contributed by atoms with Crippen LogP contribution in [-0.4, -0.2) is 66.3 Å². The van der Waals surface area contributed by atoms with Crippen LogP contribution in [0.4, 0.5) is 8.78 Å². The molecule has 7 atom stereocenters. The number of rotatable bonds is 4. The lowest BCUT2D eigenvalue weighted by Gasteiger charge is -2.80. The van der Waals surface area contributed by atoms with E-state index in [1.165, 1.54) is 24.3 Å². The molecule has 2 aliphatic rings. The Bertz CT molecular complexity index is 889. The molecule has 6 nitrogen and oxygen atoms in total. The van der Waals surface area contributed by atoms with Gasteiger partial charge in [-0.1, -0.05) is 24.3 Å². The molecule has 0 bridgehead atoms. The normalized spacial score (nSPS) is 40.2. The molecular weight excluding hydrogens is 374 g/mol. The highest BCUT2D eigenvalue weighted by Gasteiger charge is 2.93. The van der Waals surface area contributed by atoms with Crippen molar-refractivity contribution in [2.24, 2.45) is 0 Å². The van der Waals surface area contributed by atoms with Crippen LogP contribution in [0, 0.1) is 11.6 Å². The Balaban J connectivity index is 1.84. The summed E-state index contributed by atoms with van der Waals surface area (Å²) in [5.74, 6) is -3.78. The van der Waals surface area contributed by atoms with Gasteiger partial charge in [0.25, 0.3) is 0 Å². The van der Waals surface area contributed by atoms with E-state index in [1.807, 2.05) is 0 Å². The number of fused-ring (bicyclic) bond motifs is 1. The van der Waals surface area contributed by atoms with Crippen molar-refractivity contribution in [2.45, 2.75) is 40.8 Å². The highest BCUT2D eigenvalue weighted by Crippen LogP contribution is 2.75. The quantitative estimate of drug-likeness (QED) is 0.426. The topological polar surface area (TPSA) is 121 Å². The van der Waals surface area contributed by atoms with Crippen molar-refractivity contribution < 1.29 is 39.4 Å². The Kier molecular flexibility index (Phi) is 4.17. The smallest absolute Gasteiger partial charge is 0.138 e. The van der Waals surface area contributed by atoms with Gasteiger partial charge in [0.15, 0.2) is 0 Å². The first kappa shape index (κ1) is 19.4. The van der Waals surface area contributed by atoms with Crippen molar-refractivity contribution in [3.63, 3.8) is 0 Å². The molecule has 2 fully saturated rings. The van der Waals surface area contributed by atoms with Crippen LogP contribution < -0.4 is 0 Å². The molecule has 150 valence electrons. The Morgan fingerprint density at radius 1 is 0.857 bits per heavy atom. The van der Waals surface area contributed by atoms with Crippen LogP contribution in [0.25, 0.3) is 0 Å². The largest absolute Gasteiger partial charge is 0.394 e. The number of benzene rings is 2. The highest BCUT2D eigenvalue weighted by molar-refractivity contribution is 5.55. The van der Waals surface area contributed by atoms with E-state index in [9.17, 15) is 39.4 Å². The van der Waals surface area contributed by atoms with Gasteiger partial charge in [-0.15, -0.1) is 0 Å². The maximum Gasteiger partial charge on any atom is 0.138 e. The third kappa shape index (κ3) is 2.00. The van der Waals surface area contributed by atoms with E-state index < -0.39 is 59.1 Å². The predicted octanol–water partition coefficient (Wildman–Crippen LogP) is -0.233. The average Bonchev–Trinajstić information content (AvgIpc) is 2.69. The average molecular weight is 394 g/mol. The van der Waals surface area contributed by atoms with Crippen LogP contribution in [0.2, 0.25) is 0 Å². The van der Waals surface area contributed by atoms with E-state index >= 15 is 0 Å². The van der Waals surface area contributed by atoms with E-state index in [0.717, 1.165) is 24.3 Å². The van der Waals surface area contributed by atoms with Crippen LogP contribution in [0.1, 0.15) is 23.0 Å². The highest BCUT2D eigenvalue weighted by atomic mass is 19.1. The zero-order valence-electron chi connectivity index (χ0n) is 14.6. The molecule has 0 radical (unpaired) electrons. The fourth-order valence-electron chi connectivity index (χ4n) is 5.14. The van der Waals surface area contributed by atoms with Crippen LogP contribution in [-0.2, 0) is 0 Å². The maximum absolute atomic E-state index is 13.3. The summed E-state index contributed by atoms with van der Waals surface area (Å²) in [4.78, 5) is 0. The zero-order valence-corrected chi connectivity index (χ0v) is 14.6. The molecule has 0 amide bonds. The van der Waals surface area contributed by atoms with Gasteiger partial charge in [-0.2, -0.15) is 0 Å². The summed E-state index contributed by atoms with van der Waals surface area (Å²) in [7, 11) is 0. The van der Waals surface area contributed by atoms with Crippen molar-refractivity contribution in [1.29, 1.82) is 0 Å². The number of aliphatic hydroxyl groups is 6. The molecule has 2 saturated carbocycles. The fraction of sp³-hybridized carbons (Fsp3) is 0.400. The van der Waals surface area contributed by atoms with E-state index in [4.69, 9.17) is 0 Å². The van der Waals surface area contributed by atoms with Gasteiger partial charge < -0.3 is 30.6 Å². The SMILES string of the molecule is OC[C@@H](O)[C@]1(O)C(c2ccc(F)cc2)[C@]2(O)C(O)C(c3ccc(F)cc3)[C@@]21O. The van der Waals surface area contributed by atoms with E-state index in [2.05, 4.69) is 0 Å². The molecule has 0 heterocycles. The molecule has 6 N–H and O–H groups in total. The molecule has 2 aromatic carbocycles. The maximum atomic E-state index is 13.3. The standard InChI is InChI=1S/C20H20F2O6/c21-12-5-1-10(2-6-12)15-17(25)19(27)16(11-3-7-13(22)8-4-11)18(26,14(24)9-23)20(15,19)28/h1-8,14-17,23-28H,9H2/t14-,15?,16?,17?,18+,19+,20+/m1/s1. The lowest BCUT2D eigenvalue weighted by atomic mass is 9.30. The molecule has 0 saturated heterocycles. The molecule has 0 aromatic heterocycles. The Labute approximate surface area is 158 Å². The monoisotopic (exact) mass is 394 g/mol. The fourth-order valence-corrected chi connectivity index (χ4v) is 5.14. The van der Waals surface area contributed by atoms with Gasteiger partial charge >= 0.3 is 0 Å². The minimum atomic E-state index is -2.45. The number of aliphatic hydroxyl groups excluding tert-OH is 3. The Morgan fingerprint density at radius 3 is 1.79 bits per heavy atom. The Morgan fingerprint density at radius 2 is 1.32 bits per heavy atom. The minimum absolute atomic E-state index is 0.167. The predicted molar refractivity (Wildman–Crippen MR) is 92.2 cm³/mol. The summed E-state index contributed by atoms with van der Waals surface area (Å²) < 4.78 is 26.5. The first-order valence-corrected chi connectivity index (χ1v) is 8.79. The van der Waals surface area contributed by atoms with Gasteiger partial charge in [0.1, 0.15) is 34.5 Å². The summed E-state index contributed by atoms with van der Waals surface area (Å²) in [6.07, 6.45) is -3.44. The number of hydrogen-bond acceptors (Lipinski definition) is 6. The summed E-state index contributed by atoms with van der Waals surface area (Å²) in [5.41, 5.74) is -6.75. The number of hydrogen-bond donors (Lipinski definition) is 6. The Hall–Kier alpha value is -1.94. The molecule has 2 aliphatic carbocycles. The van der Waals surface area contributed by atoms with Gasteiger partial charge in [-0.3, -0.25) is 0 Å². The second-order valence-corrected chi connectivity index (χ2v) is 7.57. The molecule has 2 aromatic rings. The van der Waals surface area contributed by atoms with Gasteiger partial charge in [0.05, 0.1) is 18.6 Å². The molecule has 0 aliphatic heterocycles. The first-order valence-electron chi connectivity index (χ1n) is 8.79. The first-order chi connectivity index (χ1) is 13.1. The van der Waals surface area contributed by atoms with E-state index in [1.54, 1.807) is 0 Å². The van der Waals surface area contributed by atoms with E-state index in [-0.39, 0.29) is 11.1 Å². The van der Waals surface area contributed by atoms with Crippen molar-refractivity contribution in [1.82, 2.24) is 0 Å². The third-order valence-corrected chi connectivity index (χ3v) is 6.43. The second-order valence-electron chi connectivity index (χ2n) is 7.57. The van der Waals surface area contributed by atoms with Crippen LogP contribution in [0.5, 0.6) is 0 Å². The summed E-state index contributed by atoms with van der Waals surface area (Å²) in [6, 6.07) is 9.43. The van der Waals surface area contributed by atoms with E-state index in [0.29, 0.717) is 0 Å². The third-order valence-electron chi connectivity index (χ3n) is 6.43. The van der Waals surface area contributed by atoms with Gasteiger partial charge in [0.2, 0.25) is 0 Å². The molecule has 4 rings (SSSR count). The summed E-state index contributed by atoms with van der Waals surface area (Å²) in [6.45, 7) is -0.932. The van der Waals surface area contributed by atoms with Crippen molar-refractivity contribution >= 4 is 0 Å². The second kappa shape index (κ2) is 6.03. The van der Waals surface area contributed by atoms with Crippen molar-refractivity contribution in [2.75, 3.05) is 6.61 Å². The van der Waals surface area contributed by atoms with Gasteiger partial charge in [-0.05, 0) is 35.4 Å². The minimum Gasteiger partial charge on any atom is -0.394 e. The summed E-state index contributed by atoms with van der Waals surface area (Å²) >= 11 is 0. The molecule has 8 heteroatoms. The van der Waals surface area contributed by atoms with Gasteiger partial charge in [0, 0.05) is 5.92 Å². The van der Waals surface area contributed by atoms with Gasteiger partial charge in [-0.25, -0.2) is 8.78 Å². The van der Waals surface area contributed by atoms with Crippen molar-refractivity contribution in [3.05, 3.63) is 71.3 Å². The molecule has 3 unspecified atom stereocenters. The zero-order chi connectivity index (χ0) is 20.5. The van der Waals surface area contributed by atoms with Crippen LogP contribution >= 0.6 is 0 Å². The van der Waals surface area contributed by atoms with Crippen LogP contribution in [0.3, 0.4) is 0 Å². The summed E-state index contributed by atoms with van der Waals surface area (Å²) in [5, 5.41) is 64.2. The molecular formula is C20H20F2O6. The molecule has 0 spiro atoms. The van der Waals surface area contributed by atoms with Crippen LogP contribution in [0.15, 0.2) is 48.5 Å². The van der Waals surface area contributed by atoms with Crippen molar-refractivity contribution in [3.8, 4) is 0 Å². The lowest BCUT2D eigenvalue weighted by molar-refractivity contribution is -0.459. The lowest BCUT2D eigenvalue weighted by Crippen LogP contribution is -2.99.